The SMILES string of the molecule is CCCNS(=O)(=O)c1ccccc1NC1CCCCCC1. The summed E-state index contributed by atoms with van der Waals surface area (Å²) in [5.74, 6) is 0. The van der Waals surface area contributed by atoms with Gasteiger partial charge in [-0.05, 0) is 31.4 Å². The molecule has 1 fully saturated rings. The molecule has 0 heterocycles. The first kappa shape index (κ1) is 16.3. The monoisotopic (exact) mass is 310 g/mol. The lowest BCUT2D eigenvalue weighted by Crippen LogP contribution is -2.27. The van der Waals surface area contributed by atoms with Crippen LogP contribution in [0.15, 0.2) is 29.2 Å². The second-order valence-electron chi connectivity index (χ2n) is 5.73. The fraction of sp³-hybridized carbons (Fsp3) is 0.625. The Balaban J connectivity index is 2.16. The topological polar surface area (TPSA) is 58.2 Å². The highest BCUT2D eigenvalue weighted by Crippen LogP contribution is 2.25. The molecule has 1 aliphatic rings. The molecular formula is C16H26N2O2S. The van der Waals surface area contributed by atoms with Gasteiger partial charge in [-0.3, -0.25) is 0 Å². The summed E-state index contributed by atoms with van der Waals surface area (Å²) < 4.78 is 27.4. The van der Waals surface area contributed by atoms with Crippen molar-refractivity contribution in [2.45, 2.75) is 62.8 Å². The van der Waals surface area contributed by atoms with Crippen molar-refractivity contribution in [3.63, 3.8) is 0 Å². The molecule has 5 heteroatoms. The summed E-state index contributed by atoms with van der Waals surface area (Å²) in [6.07, 6.45) is 8.05. The maximum Gasteiger partial charge on any atom is 0.242 e. The molecule has 2 N–H and O–H groups in total. The third-order valence-electron chi connectivity index (χ3n) is 3.93. The number of hydrogen-bond acceptors (Lipinski definition) is 3. The second-order valence-corrected chi connectivity index (χ2v) is 7.46. The van der Waals surface area contributed by atoms with Crippen molar-refractivity contribution < 1.29 is 8.42 Å². The van der Waals surface area contributed by atoms with E-state index in [2.05, 4.69) is 10.0 Å². The summed E-state index contributed by atoms with van der Waals surface area (Å²) in [6.45, 7) is 2.43. The van der Waals surface area contributed by atoms with Crippen LogP contribution in [0.1, 0.15) is 51.9 Å². The van der Waals surface area contributed by atoms with Gasteiger partial charge in [0.1, 0.15) is 4.90 Å². The van der Waals surface area contributed by atoms with E-state index in [-0.39, 0.29) is 0 Å². The van der Waals surface area contributed by atoms with Crippen LogP contribution in [0.25, 0.3) is 0 Å². The van der Waals surface area contributed by atoms with Gasteiger partial charge in [0.05, 0.1) is 5.69 Å². The molecule has 0 amide bonds. The average molecular weight is 310 g/mol. The molecule has 0 atom stereocenters. The molecule has 2 rings (SSSR count). The van der Waals surface area contributed by atoms with Crippen LogP contribution in [0.5, 0.6) is 0 Å². The van der Waals surface area contributed by atoms with Crippen LogP contribution in [0, 0.1) is 0 Å². The van der Waals surface area contributed by atoms with E-state index >= 15 is 0 Å². The van der Waals surface area contributed by atoms with Crippen LogP contribution in [-0.4, -0.2) is 21.0 Å². The summed E-state index contributed by atoms with van der Waals surface area (Å²) >= 11 is 0. The Labute approximate surface area is 128 Å². The van der Waals surface area contributed by atoms with Crippen LogP contribution in [0.4, 0.5) is 5.69 Å². The van der Waals surface area contributed by atoms with Gasteiger partial charge in [-0.1, -0.05) is 44.7 Å². The van der Waals surface area contributed by atoms with Crippen molar-refractivity contribution in [2.75, 3.05) is 11.9 Å². The summed E-state index contributed by atoms with van der Waals surface area (Å²) in [4.78, 5) is 0.364. The van der Waals surface area contributed by atoms with Crippen LogP contribution in [-0.2, 0) is 10.0 Å². The van der Waals surface area contributed by atoms with Gasteiger partial charge in [0, 0.05) is 12.6 Å². The molecule has 1 aromatic rings. The molecule has 0 aliphatic heterocycles. The van der Waals surface area contributed by atoms with Crippen LogP contribution >= 0.6 is 0 Å². The summed E-state index contributed by atoms with van der Waals surface area (Å²) in [6, 6.07) is 7.59. The Morgan fingerprint density at radius 2 is 1.76 bits per heavy atom. The number of rotatable bonds is 6. The van der Waals surface area contributed by atoms with Crippen LogP contribution < -0.4 is 10.0 Å². The van der Waals surface area contributed by atoms with E-state index in [1.54, 1.807) is 12.1 Å². The van der Waals surface area contributed by atoms with Crippen molar-refractivity contribution in [1.29, 1.82) is 0 Å². The van der Waals surface area contributed by atoms with Crippen molar-refractivity contribution in [3.05, 3.63) is 24.3 Å². The van der Waals surface area contributed by atoms with Gasteiger partial charge >= 0.3 is 0 Å². The number of para-hydroxylation sites is 1. The minimum absolute atomic E-state index is 0.364. The fourth-order valence-electron chi connectivity index (χ4n) is 2.78. The first-order valence-electron chi connectivity index (χ1n) is 7.98. The van der Waals surface area contributed by atoms with Gasteiger partial charge < -0.3 is 5.32 Å². The van der Waals surface area contributed by atoms with Crippen molar-refractivity contribution >= 4 is 15.7 Å². The molecule has 0 aromatic heterocycles. The quantitative estimate of drug-likeness (QED) is 0.791. The Morgan fingerprint density at radius 3 is 2.43 bits per heavy atom. The zero-order valence-electron chi connectivity index (χ0n) is 12.8. The first-order chi connectivity index (χ1) is 10.1. The highest BCUT2D eigenvalue weighted by Gasteiger charge is 2.20. The minimum atomic E-state index is -3.43. The van der Waals surface area contributed by atoms with E-state index in [9.17, 15) is 8.42 Å². The molecule has 0 spiro atoms. The van der Waals surface area contributed by atoms with E-state index in [1.807, 2.05) is 19.1 Å². The zero-order valence-corrected chi connectivity index (χ0v) is 13.6. The third-order valence-corrected chi connectivity index (χ3v) is 5.45. The molecule has 0 unspecified atom stereocenters. The predicted octanol–water partition coefficient (Wildman–Crippen LogP) is 3.51. The highest BCUT2D eigenvalue weighted by atomic mass is 32.2. The van der Waals surface area contributed by atoms with Crippen LogP contribution in [0.2, 0.25) is 0 Å². The standard InChI is InChI=1S/C16H26N2O2S/c1-2-13-17-21(19,20)16-12-8-7-11-15(16)18-14-9-5-3-4-6-10-14/h7-8,11-12,14,17-18H,2-6,9-10,13H2,1H3. The number of hydrogen-bond donors (Lipinski definition) is 2. The number of nitrogens with one attached hydrogen (secondary N) is 2. The van der Waals surface area contributed by atoms with Gasteiger partial charge in [0.2, 0.25) is 10.0 Å². The maximum atomic E-state index is 12.4. The number of sulfonamides is 1. The van der Waals surface area contributed by atoms with E-state index in [1.165, 1.54) is 25.7 Å². The Bertz CT molecular complexity index is 535. The van der Waals surface area contributed by atoms with Crippen molar-refractivity contribution in [3.8, 4) is 0 Å². The van der Waals surface area contributed by atoms with E-state index in [4.69, 9.17) is 0 Å². The molecule has 4 nitrogen and oxygen atoms in total. The second kappa shape index (κ2) is 7.80. The summed E-state index contributed by atoms with van der Waals surface area (Å²) in [5.41, 5.74) is 0.730. The van der Waals surface area contributed by atoms with Gasteiger partial charge in [-0.15, -0.1) is 0 Å². The molecule has 0 saturated heterocycles. The minimum Gasteiger partial charge on any atom is -0.381 e. The third kappa shape index (κ3) is 4.71. The molecule has 0 bridgehead atoms. The lowest BCUT2D eigenvalue weighted by Gasteiger charge is -2.20. The molecular weight excluding hydrogens is 284 g/mol. The molecule has 1 aliphatic carbocycles. The lowest BCUT2D eigenvalue weighted by molar-refractivity contribution is 0.579. The van der Waals surface area contributed by atoms with Gasteiger partial charge in [-0.25, -0.2) is 13.1 Å². The normalized spacial score (nSPS) is 17.4. The van der Waals surface area contributed by atoms with E-state index in [0.717, 1.165) is 24.9 Å². The Hall–Kier alpha value is -1.07. The first-order valence-corrected chi connectivity index (χ1v) is 9.47. The highest BCUT2D eigenvalue weighted by molar-refractivity contribution is 7.89. The lowest BCUT2D eigenvalue weighted by atomic mass is 10.1. The molecule has 1 saturated carbocycles. The predicted molar refractivity (Wildman–Crippen MR) is 87.0 cm³/mol. The fourth-order valence-corrected chi connectivity index (χ4v) is 4.08. The number of anilines is 1. The van der Waals surface area contributed by atoms with E-state index < -0.39 is 10.0 Å². The molecule has 0 radical (unpaired) electrons. The summed E-state index contributed by atoms with van der Waals surface area (Å²) in [7, 11) is -3.43. The molecule has 118 valence electrons. The van der Waals surface area contributed by atoms with Gasteiger partial charge in [-0.2, -0.15) is 0 Å². The van der Waals surface area contributed by atoms with Crippen LogP contribution in [0.3, 0.4) is 0 Å². The Kier molecular flexibility index (Phi) is 6.06. The van der Waals surface area contributed by atoms with Crippen molar-refractivity contribution in [2.24, 2.45) is 0 Å². The molecule has 21 heavy (non-hydrogen) atoms. The smallest absolute Gasteiger partial charge is 0.242 e. The van der Waals surface area contributed by atoms with E-state index in [0.29, 0.717) is 17.5 Å². The average Bonchev–Trinajstić information content (AvgIpc) is 2.74. The molecule has 1 aromatic carbocycles. The Morgan fingerprint density at radius 1 is 1.10 bits per heavy atom. The van der Waals surface area contributed by atoms with Gasteiger partial charge in [0.25, 0.3) is 0 Å². The maximum absolute atomic E-state index is 12.4. The number of benzene rings is 1. The van der Waals surface area contributed by atoms with Crippen molar-refractivity contribution in [1.82, 2.24) is 4.72 Å². The van der Waals surface area contributed by atoms with Gasteiger partial charge in [0.15, 0.2) is 0 Å². The zero-order chi connectivity index (χ0) is 15.1. The largest absolute Gasteiger partial charge is 0.381 e. The summed E-state index contributed by atoms with van der Waals surface area (Å²) in [5, 5.41) is 3.45.